The molecule has 0 heterocycles. The zero-order valence-corrected chi connectivity index (χ0v) is 10.5. The molecule has 90 valence electrons. The number of halogens is 1. The van der Waals surface area contributed by atoms with Crippen LogP contribution >= 0.6 is 0 Å². The number of benzene rings is 1. The highest BCUT2D eigenvalue weighted by Crippen LogP contribution is 2.25. The fraction of sp³-hybridized carbons (Fsp3) is 0.571. The van der Waals surface area contributed by atoms with E-state index in [1.54, 1.807) is 12.1 Å². The summed E-state index contributed by atoms with van der Waals surface area (Å²) in [5.41, 5.74) is 1.05. The predicted molar refractivity (Wildman–Crippen MR) is 66.9 cm³/mol. The van der Waals surface area contributed by atoms with Gasteiger partial charge in [0.05, 0.1) is 0 Å². The van der Waals surface area contributed by atoms with E-state index in [4.69, 9.17) is 0 Å². The molecule has 0 aromatic heterocycles. The molecular formula is C14H22FN. The van der Waals surface area contributed by atoms with Crippen molar-refractivity contribution in [1.82, 2.24) is 5.32 Å². The first-order chi connectivity index (χ1) is 7.71. The SMILES string of the molecule is CCC(CC)CC(NC)c1cccc(F)c1. The van der Waals surface area contributed by atoms with Gasteiger partial charge in [-0.05, 0) is 37.1 Å². The Bertz CT molecular complexity index is 307. The van der Waals surface area contributed by atoms with Crippen LogP contribution in [0.4, 0.5) is 4.39 Å². The van der Waals surface area contributed by atoms with E-state index in [2.05, 4.69) is 19.2 Å². The van der Waals surface area contributed by atoms with Crippen molar-refractivity contribution in [1.29, 1.82) is 0 Å². The second-order valence-corrected chi connectivity index (χ2v) is 4.31. The lowest BCUT2D eigenvalue weighted by Gasteiger charge is -2.22. The van der Waals surface area contributed by atoms with E-state index < -0.39 is 0 Å². The molecule has 0 amide bonds. The standard InChI is InChI=1S/C14H22FN/c1-4-11(5-2)9-14(16-3)12-7-6-8-13(15)10-12/h6-8,10-11,14,16H,4-5,9H2,1-3H3. The molecule has 0 aliphatic heterocycles. The minimum atomic E-state index is -0.151. The van der Waals surface area contributed by atoms with Gasteiger partial charge in [-0.25, -0.2) is 4.39 Å². The Kier molecular flexibility index (Phi) is 5.47. The molecule has 1 unspecified atom stereocenters. The van der Waals surface area contributed by atoms with Gasteiger partial charge in [0, 0.05) is 6.04 Å². The van der Waals surface area contributed by atoms with Crippen LogP contribution in [0.1, 0.15) is 44.7 Å². The van der Waals surface area contributed by atoms with Gasteiger partial charge in [-0.3, -0.25) is 0 Å². The van der Waals surface area contributed by atoms with Gasteiger partial charge < -0.3 is 5.32 Å². The smallest absolute Gasteiger partial charge is 0.123 e. The van der Waals surface area contributed by atoms with Crippen LogP contribution in [0, 0.1) is 11.7 Å². The van der Waals surface area contributed by atoms with E-state index in [0.29, 0.717) is 5.92 Å². The number of hydrogen-bond acceptors (Lipinski definition) is 1. The van der Waals surface area contributed by atoms with Crippen LogP contribution in [0.5, 0.6) is 0 Å². The zero-order valence-electron chi connectivity index (χ0n) is 10.5. The maximum Gasteiger partial charge on any atom is 0.123 e. The summed E-state index contributed by atoms with van der Waals surface area (Å²) in [5, 5.41) is 3.28. The maximum atomic E-state index is 13.1. The van der Waals surface area contributed by atoms with Crippen molar-refractivity contribution in [3.8, 4) is 0 Å². The van der Waals surface area contributed by atoms with Crippen LogP contribution in [0.25, 0.3) is 0 Å². The molecule has 0 aliphatic carbocycles. The molecule has 0 saturated carbocycles. The summed E-state index contributed by atoms with van der Waals surface area (Å²) >= 11 is 0. The highest BCUT2D eigenvalue weighted by Gasteiger charge is 2.14. The Morgan fingerprint density at radius 2 is 1.94 bits per heavy atom. The van der Waals surface area contributed by atoms with E-state index in [-0.39, 0.29) is 11.9 Å². The van der Waals surface area contributed by atoms with E-state index in [1.807, 2.05) is 13.1 Å². The Morgan fingerprint density at radius 3 is 2.44 bits per heavy atom. The molecule has 1 aromatic carbocycles. The summed E-state index contributed by atoms with van der Waals surface area (Å²) in [4.78, 5) is 0. The summed E-state index contributed by atoms with van der Waals surface area (Å²) in [6, 6.07) is 7.16. The quantitative estimate of drug-likeness (QED) is 0.771. The average Bonchev–Trinajstić information content (AvgIpc) is 2.31. The number of nitrogens with one attached hydrogen (secondary N) is 1. The maximum absolute atomic E-state index is 13.1. The molecule has 1 aromatic rings. The summed E-state index contributed by atoms with van der Waals surface area (Å²) in [5.74, 6) is 0.558. The fourth-order valence-electron chi connectivity index (χ4n) is 2.10. The van der Waals surface area contributed by atoms with Gasteiger partial charge in [-0.1, -0.05) is 38.8 Å². The molecule has 1 nitrogen and oxygen atoms in total. The third kappa shape index (κ3) is 3.60. The molecule has 2 heteroatoms. The van der Waals surface area contributed by atoms with Gasteiger partial charge in [0.1, 0.15) is 5.82 Å². The molecule has 0 fully saturated rings. The summed E-state index contributed by atoms with van der Waals surface area (Å²) in [6.07, 6.45) is 3.45. The molecule has 1 N–H and O–H groups in total. The van der Waals surface area contributed by atoms with E-state index in [0.717, 1.165) is 12.0 Å². The monoisotopic (exact) mass is 223 g/mol. The van der Waals surface area contributed by atoms with Crippen molar-refractivity contribution in [2.75, 3.05) is 7.05 Å². The Balaban J connectivity index is 2.74. The largest absolute Gasteiger partial charge is 0.313 e. The fourth-order valence-corrected chi connectivity index (χ4v) is 2.10. The van der Waals surface area contributed by atoms with Gasteiger partial charge in [-0.15, -0.1) is 0 Å². The third-order valence-electron chi connectivity index (χ3n) is 3.32. The lowest BCUT2D eigenvalue weighted by molar-refractivity contribution is 0.384. The topological polar surface area (TPSA) is 12.0 Å². The van der Waals surface area contributed by atoms with Crippen molar-refractivity contribution in [3.63, 3.8) is 0 Å². The van der Waals surface area contributed by atoms with E-state index in [1.165, 1.54) is 18.9 Å². The van der Waals surface area contributed by atoms with Gasteiger partial charge in [0.15, 0.2) is 0 Å². The first-order valence-electron chi connectivity index (χ1n) is 6.13. The molecule has 1 rings (SSSR count). The molecule has 0 radical (unpaired) electrons. The molecule has 0 bridgehead atoms. The van der Waals surface area contributed by atoms with Crippen LogP contribution in [0.15, 0.2) is 24.3 Å². The van der Waals surface area contributed by atoms with Crippen molar-refractivity contribution in [3.05, 3.63) is 35.6 Å². The van der Waals surface area contributed by atoms with E-state index in [9.17, 15) is 4.39 Å². The lowest BCUT2D eigenvalue weighted by Crippen LogP contribution is -2.19. The highest BCUT2D eigenvalue weighted by atomic mass is 19.1. The molecule has 1 atom stereocenters. The minimum Gasteiger partial charge on any atom is -0.313 e. The molecule has 16 heavy (non-hydrogen) atoms. The van der Waals surface area contributed by atoms with Crippen LogP contribution in [0.2, 0.25) is 0 Å². The van der Waals surface area contributed by atoms with Crippen LogP contribution in [-0.2, 0) is 0 Å². The number of hydrogen-bond donors (Lipinski definition) is 1. The Labute approximate surface area is 98.1 Å². The minimum absolute atomic E-state index is 0.151. The second kappa shape index (κ2) is 6.64. The summed E-state index contributed by atoms with van der Waals surface area (Å²) in [7, 11) is 1.94. The molecular weight excluding hydrogens is 201 g/mol. The average molecular weight is 223 g/mol. The van der Waals surface area contributed by atoms with Crippen molar-refractivity contribution < 1.29 is 4.39 Å². The number of rotatable bonds is 6. The first kappa shape index (κ1) is 13.2. The molecule has 0 saturated heterocycles. The normalized spacial score (nSPS) is 13.1. The van der Waals surface area contributed by atoms with Gasteiger partial charge >= 0.3 is 0 Å². The first-order valence-corrected chi connectivity index (χ1v) is 6.13. The van der Waals surface area contributed by atoms with E-state index >= 15 is 0 Å². The van der Waals surface area contributed by atoms with Gasteiger partial charge in [-0.2, -0.15) is 0 Å². The highest BCUT2D eigenvalue weighted by molar-refractivity contribution is 5.20. The van der Waals surface area contributed by atoms with Crippen LogP contribution < -0.4 is 5.32 Å². The lowest BCUT2D eigenvalue weighted by atomic mass is 9.91. The van der Waals surface area contributed by atoms with Gasteiger partial charge in [0.25, 0.3) is 0 Å². The van der Waals surface area contributed by atoms with Crippen LogP contribution in [0.3, 0.4) is 0 Å². The summed E-state index contributed by atoms with van der Waals surface area (Å²) in [6.45, 7) is 4.43. The Morgan fingerprint density at radius 1 is 1.25 bits per heavy atom. The van der Waals surface area contributed by atoms with Crippen molar-refractivity contribution >= 4 is 0 Å². The summed E-state index contributed by atoms with van der Waals surface area (Å²) < 4.78 is 13.1. The Hall–Kier alpha value is -0.890. The van der Waals surface area contributed by atoms with Crippen LogP contribution in [-0.4, -0.2) is 7.05 Å². The molecule has 0 aliphatic rings. The van der Waals surface area contributed by atoms with Crippen molar-refractivity contribution in [2.24, 2.45) is 5.92 Å². The predicted octanol–water partition coefficient (Wildman–Crippen LogP) is 3.91. The zero-order chi connectivity index (χ0) is 12.0. The second-order valence-electron chi connectivity index (χ2n) is 4.31. The van der Waals surface area contributed by atoms with Gasteiger partial charge in [0.2, 0.25) is 0 Å². The molecule has 0 spiro atoms. The van der Waals surface area contributed by atoms with Crippen molar-refractivity contribution in [2.45, 2.75) is 39.2 Å². The third-order valence-corrected chi connectivity index (χ3v) is 3.32.